The van der Waals surface area contributed by atoms with Gasteiger partial charge in [-0.05, 0) is 73.9 Å². The van der Waals surface area contributed by atoms with Gasteiger partial charge in [0.1, 0.15) is 23.3 Å². The lowest BCUT2D eigenvalue weighted by molar-refractivity contribution is -0.199. The highest BCUT2D eigenvalue weighted by Gasteiger charge is 2.35. The molecule has 8 rings (SSSR count). The van der Waals surface area contributed by atoms with Crippen LogP contribution < -0.4 is 9.31 Å². The fourth-order valence-corrected chi connectivity index (χ4v) is 8.36. The summed E-state index contributed by atoms with van der Waals surface area (Å²) in [6.07, 6.45) is 5.86. The number of carbonyl (C=O) groups is 2. The molecule has 3 saturated heterocycles. The lowest BCUT2D eigenvalue weighted by Gasteiger charge is -2.38. The number of nitrogens with zero attached hydrogens (tertiary/aromatic N) is 6. The molecule has 12 nitrogen and oxygen atoms in total. The first-order valence-electron chi connectivity index (χ1n) is 18.5. The van der Waals surface area contributed by atoms with Crippen molar-refractivity contribution in [2.24, 2.45) is 11.8 Å². The quantitative estimate of drug-likeness (QED) is 0.153. The molecular weight excluding hydrogens is 724 g/mol. The number of piperidine rings is 1. The van der Waals surface area contributed by atoms with Gasteiger partial charge in [0, 0.05) is 87.0 Å². The van der Waals surface area contributed by atoms with E-state index in [1.807, 2.05) is 17.2 Å². The molecular formula is C38H42F3N7O5S. The number of carbonyl (C=O) groups excluding carboxylic acids is 2. The van der Waals surface area contributed by atoms with Crippen molar-refractivity contribution in [3.63, 3.8) is 0 Å². The fraction of sp³-hybridized carbons (Fsp3) is 0.447. The number of aromatic nitrogens is 2. The van der Waals surface area contributed by atoms with Crippen LogP contribution in [0, 0.1) is 23.5 Å². The average molecular weight is 766 g/mol. The minimum atomic E-state index is -2.81. The maximum Gasteiger partial charge on any atom is 0.328 e. The lowest BCUT2D eigenvalue weighted by atomic mass is 9.95. The molecule has 1 unspecified atom stereocenters. The minimum absolute atomic E-state index is 0.0191. The van der Waals surface area contributed by atoms with Crippen LogP contribution in [0.25, 0.3) is 22.2 Å². The number of H-pyrrole nitrogens is 1. The van der Waals surface area contributed by atoms with Gasteiger partial charge >= 0.3 is 5.97 Å². The summed E-state index contributed by atoms with van der Waals surface area (Å²) >= 11 is -2.81. The molecule has 0 spiro atoms. The average Bonchev–Trinajstić information content (AvgIpc) is 3.82. The highest BCUT2D eigenvalue weighted by Crippen LogP contribution is 2.34. The highest BCUT2D eigenvalue weighted by molar-refractivity contribution is 7.80. The van der Waals surface area contributed by atoms with Crippen molar-refractivity contribution in [2.75, 3.05) is 68.2 Å². The molecule has 2 aromatic carbocycles. The predicted octanol–water partition coefficient (Wildman–Crippen LogP) is 5.34. The minimum Gasteiger partial charge on any atom is -0.372 e. The predicted molar refractivity (Wildman–Crippen MR) is 197 cm³/mol. The summed E-state index contributed by atoms with van der Waals surface area (Å²) in [4.78, 5) is 43.5. The van der Waals surface area contributed by atoms with Crippen molar-refractivity contribution in [1.82, 2.24) is 24.9 Å². The molecule has 2 atom stereocenters. The van der Waals surface area contributed by atoms with E-state index in [1.54, 1.807) is 12.3 Å². The highest BCUT2D eigenvalue weighted by atomic mass is 32.2. The molecule has 4 aromatic rings. The van der Waals surface area contributed by atoms with Crippen molar-refractivity contribution >= 4 is 45.4 Å². The molecule has 1 saturated carbocycles. The Labute approximate surface area is 313 Å². The number of hydrogen-bond acceptors (Lipinski definition) is 9. The Morgan fingerprint density at radius 1 is 0.944 bits per heavy atom. The first-order chi connectivity index (χ1) is 26.1. The smallest absolute Gasteiger partial charge is 0.328 e. The maximum absolute atomic E-state index is 16.0. The maximum atomic E-state index is 16.0. The molecule has 0 radical (unpaired) electrons. The number of hydroxylamine groups is 2. The second kappa shape index (κ2) is 15.4. The second-order valence-electron chi connectivity index (χ2n) is 14.6. The van der Waals surface area contributed by atoms with E-state index >= 15 is 8.78 Å². The molecule has 3 aliphatic heterocycles. The SMILES string of the molecule is O=C(c1c(F)ccc(N(N2CC[C@@H](F)C2)S(=O)O)c1F)c1c[nH]c2ncc(-c3ccc(N4CCC(CN5CCN(OC(=O)C6CC6)CC5)CC4)cc3)cc12. The van der Waals surface area contributed by atoms with Gasteiger partial charge in [-0.15, -0.1) is 5.06 Å². The van der Waals surface area contributed by atoms with E-state index in [0.29, 0.717) is 26.9 Å². The number of aromatic amines is 1. The molecule has 286 valence electrons. The number of hydrazine groups is 1. The Morgan fingerprint density at radius 3 is 2.35 bits per heavy atom. The van der Waals surface area contributed by atoms with Crippen LogP contribution in [0.4, 0.5) is 24.5 Å². The van der Waals surface area contributed by atoms with Gasteiger partial charge in [0.15, 0.2) is 5.82 Å². The van der Waals surface area contributed by atoms with Gasteiger partial charge in [-0.25, -0.2) is 27.4 Å². The van der Waals surface area contributed by atoms with Crippen LogP contribution in [0.3, 0.4) is 0 Å². The first-order valence-corrected chi connectivity index (χ1v) is 19.5. The molecule has 4 aliphatic rings. The number of benzene rings is 2. The number of halogens is 3. The number of alkyl halides is 1. The van der Waals surface area contributed by atoms with Crippen LogP contribution in [0.1, 0.15) is 48.0 Å². The second-order valence-corrected chi connectivity index (χ2v) is 15.4. The Hall–Kier alpha value is -4.35. The molecule has 0 amide bonds. The molecule has 0 bridgehead atoms. The zero-order valence-electron chi connectivity index (χ0n) is 29.6. The molecule has 2 N–H and O–H groups in total. The van der Waals surface area contributed by atoms with Gasteiger partial charge in [0.25, 0.3) is 11.3 Å². The van der Waals surface area contributed by atoms with Crippen LogP contribution >= 0.6 is 0 Å². The van der Waals surface area contributed by atoms with Crippen LogP contribution in [-0.4, -0.2) is 111 Å². The molecule has 54 heavy (non-hydrogen) atoms. The summed E-state index contributed by atoms with van der Waals surface area (Å²) in [5, 5.41) is 3.34. The number of hydrogen-bond donors (Lipinski definition) is 2. The number of anilines is 2. The summed E-state index contributed by atoms with van der Waals surface area (Å²) in [5.41, 5.74) is 1.58. The van der Waals surface area contributed by atoms with Crippen molar-refractivity contribution in [3.8, 4) is 11.1 Å². The Morgan fingerprint density at radius 2 is 1.69 bits per heavy atom. The van der Waals surface area contributed by atoms with Crippen LogP contribution in [-0.2, 0) is 20.9 Å². The molecule has 2 aromatic heterocycles. The van der Waals surface area contributed by atoms with Crippen molar-refractivity contribution in [2.45, 2.75) is 38.3 Å². The van der Waals surface area contributed by atoms with Gasteiger partial charge < -0.3 is 19.6 Å². The number of fused-ring (bicyclic) bond motifs is 1. The van der Waals surface area contributed by atoms with Crippen molar-refractivity contribution in [3.05, 3.63) is 77.6 Å². The van der Waals surface area contributed by atoms with Crippen LogP contribution in [0.15, 0.2) is 54.9 Å². The number of piperazine rings is 1. The topological polar surface area (TPSA) is 126 Å². The Kier molecular flexibility index (Phi) is 10.5. The Balaban J connectivity index is 0.917. The zero-order chi connectivity index (χ0) is 37.5. The van der Waals surface area contributed by atoms with Gasteiger partial charge in [0.2, 0.25) is 5.78 Å². The van der Waals surface area contributed by atoms with Crippen LogP contribution in [0.2, 0.25) is 0 Å². The van der Waals surface area contributed by atoms with E-state index in [9.17, 15) is 22.7 Å². The number of rotatable bonds is 11. The number of nitrogens with one attached hydrogen (secondary N) is 1. The zero-order valence-corrected chi connectivity index (χ0v) is 30.4. The van der Waals surface area contributed by atoms with Gasteiger partial charge in [-0.1, -0.05) is 12.1 Å². The van der Waals surface area contributed by atoms with Crippen molar-refractivity contribution in [1.29, 1.82) is 0 Å². The van der Waals surface area contributed by atoms with E-state index < -0.39 is 46.1 Å². The summed E-state index contributed by atoms with van der Waals surface area (Å²) in [5.74, 6) is -2.80. The van der Waals surface area contributed by atoms with E-state index in [4.69, 9.17) is 4.84 Å². The third kappa shape index (κ3) is 7.62. The number of pyridine rings is 1. The monoisotopic (exact) mass is 765 g/mol. The van der Waals surface area contributed by atoms with E-state index in [2.05, 4.69) is 31.9 Å². The van der Waals surface area contributed by atoms with Gasteiger partial charge in [0.05, 0.1) is 18.0 Å². The lowest BCUT2D eigenvalue weighted by Crippen LogP contribution is -2.49. The summed E-state index contributed by atoms with van der Waals surface area (Å²) in [6.45, 7) is 6.02. The normalized spacial score (nSPS) is 21.1. The summed E-state index contributed by atoms with van der Waals surface area (Å²) < 4.78 is 67.9. The van der Waals surface area contributed by atoms with E-state index in [0.717, 1.165) is 94.9 Å². The largest absolute Gasteiger partial charge is 0.372 e. The summed E-state index contributed by atoms with van der Waals surface area (Å²) in [7, 11) is 0. The number of ketones is 1. The first kappa shape index (κ1) is 36.6. The third-order valence-electron chi connectivity index (χ3n) is 11.0. The molecule has 16 heteroatoms. The van der Waals surface area contributed by atoms with Gasteiger partial charge in [-0.3, -0.25) is 14.1 Å². The standard InChI is InChI=1S/C38H42F3N7O5S/c39-28-11-14-46(23-28)48(54(51)52)33-8-7-32(40)34(35(33)41)36(49)31-21-43-37-30(31)19-27(20-42-37)25-3-5-29(6-4-25)45-12-9-24(10-13-45)22-44-15-17-47(18-16-44)53-38(50)26-1-2-26/h3-8,19-21,24,26,28H,1-2,9-18,22-23H2,(H,42,43)(H,51,52)/t28-/m1/s1. The fourth-order valence-electron chi connectivity index (χ4n) is 7.71. The summed E-state index contributed by atoms with van der Waals surface area (Å²) in [6, 6.07) is 11.7. The molecule has 5 heterocycles. The van der Waals surface area contributed by atoms with E-state index in [-0.39, 0.29) is 37.0 Å². The van der Waals surface area contributed by atoms with Crippen LogP contribution in [0.5, 0.6) is 0 Å². The van der Waals surface area contributed by atoms with E-state index in [1.165, 1.54) is 11.2 Å². The molecule has 1 aliphatic carbocycles. The van der Waals surface area contributed by atoms with Crippen molar-refractivity contribution < 1.29 is 36.4 Å². The van der Waals surface area contributed by atoms with Gasteiger partial charge in [-0.2, -0.15) is 4.41 Å². The third-order valence-corrected chi connectivity index (χ3v) is 11.7. The Bertz CT molecular complexity index is 2050. The molecule has 4 fully saturated rings.